The average molecular weight is 514 g/mol. The lowest BCUT2D eigenvalue weighted by atomic mass is 10.1. The van der Waals surface area contributed by atoms with Crippen molar-refractivity contribution in [3.8, 4) is 22.0 Å². The Morgan fingerprint density at radius 2 is 1.53 bits per heavy atom. The van der Waals surface area contributed by atoms with Gasteiger partial charge in [-0.15, -0.1) is 11.3 Å². The van der Waals surface area contributed by atoms with Crippen LogP contribution < -0.4 is 0 Å². The highest BCUT2D eigenvalue weighted by atomic mass is 32.1. The normalized spacial score (nSPS) is 14.2. The van der Waals surface area contributed by atoms with Crippen LogP contribution in [0.3, 0.4) is 0 Å². The summed E-state index contributed by atoms with van der Waals surface area (Å²) in [4.78, 5) is 37.0. The van der Waals surface area contributed by atoms with Gasteiger partial charge in [0.1, 0.15) is 10.7 Å². The van der Waals surface area contributed by atoms with Crippen molar-refractivity contribution in [1.82, 2.24) is 24.9 Å². The van der Waals surface area contributed by atoms with Gasteiger partial charge in [0, 0.05) is 48.2 Å². The van der Waals surface area contributed by atoms with Crippen LogP contribution in [0.1, 0.15) is 26.7 Å². The SMILES string of the molecule is O=C(c1cccc(-c2noc(C(F)(F)F)n2)c1)N1CCN(C(=O)c2csc(-c3ccccc3)n2)CC1. The molecule has 1 saturated heterocycles. The maximum Gasteiger partial charge on any atom is 0.471 e. The number of aromatic nitrogens is 3. The third kappa shape index (κ3) is 4.85. The molecule has 184 valence electrons. The number of carbonyl (C=O) groups is 2. The van der Waals surface area contributed by atoms with E-state index in [1.165, 1.54) is 23.5 Å². The van der Waals surface area contributed by atoms with E-state index in [-0.39, 0.29) is 28.8 Å². The van der Waals surface area contributed by atoms with E-state index >= 15 is 0 Å². The minimum Gasteiger partial charge on any atom is -0.335 e. The van der Waals surface area contributed by atoms with Gasteiger partial charge in [0.15, 0.2) is 0 Å². The van der Waals surface area contributed by atoms with Gasteiger partial charge in [-0.1, -0.05) is 47.6 Å². The summed E-state index contributed by atoms with van der Waals surface area (Å²) >= 11 is 1.40. The second-order valence-corrected chi connectivity index (χ2v) is 8.85. The Morgan fingerprint density at radius 1 is 0.861 bits per heavy atom. The fourth-order valence-corrected chi connectivity index (χ4v) is 4.59. The summed E-state index contributed by atoms with van der Waals surface area (Å²) in [5, 5.41) is 5.86. The molecule has 0 aliphatic carbocycles. The van der Waals surface area contributed by atoms with Crippen LogP contribution in [0, 0.1) is 0 Å². The molecule has 8 nitrogen and oxygen atoms in total. The van der Waals surface area contributed by atoms with Gasteiger partial charge in [-0.05, 0) is 12.1 Å². The highest BCUT2D eigenvalue weighted by Gasteiger charge is 2.38. The minimum absolute atomic E-state index is 0.194. The second kappa shape index (κ2) is 9.53. The Labute approximate surface area is 207 Å². The van der Waals surface area contributed by atoms with Gasteiger partial charge < -0.3 is 14.3 Å². The van der Waals surface area contributed by atoms with Crippen LogP contribution >= 0.6 is 11.3 Å². The fraction of sp³-hybridized carbons (Fsp3) is 0.208. The van der Waals surface area contributed by atoms with Gasteiger partial charge in [0.05, 0.1) is 0 Å². The number of hydrogen-bond acceptors (Lipinski definition) is 7. The maximum atomic E-state index is 13.0. The molecule has 4 aromatic rings. The van der Waals surface area contributed by atoms with Crippen molar-refractivity contribution in [2.45, 2.75) is 6.18 Å². The van der Waals surface area contributed by atoms with Crippen molar-refractivity contribution < 1.29 is 27.3 Å². The van der Waals surface area contributed by atoms with Crippen LogP contribution in [-0.2, 0) is 6.18 Å². The Bertz CT molecular complexity index is 1400. The van der Waals surface area contributed by atoms with Crippen molar-refractivity contribution in [2.24, 2.45) is 0 Å². The summed E-state index contributed by atoms with van der Waals surface area (Å²) in [7, 11) is 0. The van der Waals surface area contributed by atoms with Crippen LogP contribution in [0.2, 0.25) is 0 Å². The van der Waals surface area contributed by atoms with Crippen LogP contribution in [0.5, 0.6) is 0 Å². The maximum absolute atomic E-state index is 13.0. The number of thiazole rings is 1. The molecule has 1 fully saturated rings. The number of piperazine rings is 1. The van der Waals surface area contributed by atoms with E-state index < -0.39 is 12.1 Å². The first-order valence-electron chi connectivity index (χ1n) is 10.9. The third-order valence-corrected chi connectivity index (χ3v) is 6.53. The van der Waals surface area contributed by atoms with Gasteiger partial charge in [-0.2, -0.15) is 18.2 Å². The molecular formula is C24H18F3N5O3S. The largest absolute Gasteiger partial charge is 0.471 e. The van der Waals surface area contributed by atoms with Crippen LogP contribution in [0.4, 0.5) is 13.2 Å². The summed E-state index contributed by atoms with van der Waals surface area (Å²) in [5.74, 6) is -2.21. The zero-order valence-corrected chi connectivity index (χ0v) is 19.4. The summed E-state index contributed by atoms with van der Waals surface area (Å²) < 4.78 is 42.5. The molecule has 36 heavy (non-hydrogen) atoms. The molecule has 0 spiro atoms. The highest BCUT2D eigenvalue weighted by Crippen LogP contribution is 2.30. The summed E-state index contributed by atoms with van der Waals surface area (Å²) in [6.45, 7) is 1.29. The van der Waals surface area contributed by atoms with Crippen molar-refractivity contribution in [3.05, 3.63) is 77.1 Å². The zero-order valence-electron chi connectivity index (χ0n) is 18.6. The quantitative estimate of drug-likeness (QED) is 0.400. The Hall–Kier alpha value is -4.06. The first-order valence-corrected chi connectivity index (χ1v) is 11.8. The zero-order chi connectivity index (χ0) is 25.3. The molecule has 2 aromatic heterocycles. The Morgan fingerprint density at radius 3 is 2.19 bits per heavy atom. The van der Waals surface area contributed by atoms with E-state index in [2.05, 4.69) is 19.6 Å². The van der Waals surface area contributed by atoms with E-state index in [0.717, 1.165) is 10.6 Å². The first-order chi connectivity index (χ1) is 17.3. The molecule has 2 aromatic carbocycles. The van der Waals surface area contributed by atoms with Gasteiger partial charge in [-0.25, -0.2) is 4.98 Å². The topological polar surface area (TPSA) is 92.4 Å². The third-order valence-electron chi connectivity index (χ3n) is 5.63. The van der Waals surface area contributed by atoms with Gasteiger partial charge >= 0.3 is 12.1 Å². The molecule has 0 N–H and O–H groups in total. The minimum atomic E-state index is -4.75. The van der Waals surface area contributed by atoms with Crippen LogP contribution in [-0.4, -0.2) is 62.9 Å². The number of halogens is 3. The summed E-state index contributed by atoms with van der Waals surface area (Å²) in [5.41, 5.74) is 1.81. The molecule has 1 aliphatic heterocycles. The standard InChI is InChI=1S/C24H18F3N5O3S/c25-24(26,27)23-29-19(30-35-23)16-7-4-8-17(13-16)21(33)31-9-11-32(12-10-31)22(34)18-14-36-20(28-18)15-5-2-1-3-6-15/h1-8,13-14H,9-12H2. The van der Waals surface area contributed by atoms with Crippen molar-refractivity contribution in [2.75, 3.05) is 26.2 Å². The number of hydrogen-bond donors (Lipinski definition) is 0. The number of benzene rings is 2. The molecule has 5 rings (SSSR count). The lowest BCUT2D eigenvalue weighted by molar-refractivity contribution is -0.159. The second-order valence-electron chi connectivity index (χ2n) is 7.99. The predicted molar refractivity (Wildman–Crippen MR) is 124 cm³/mol. The fourth-order valence-electron chi connectivity index (χ4n) is 3.79. The molecule has 0 bridgehead atoms. The van der Waals surface area contributed by atoms with Crippen LogP contribution in [0.15, 0.2) is 64.5 Å². The van der Waals surface area contributed by atoms with Gasteiger partial charge in [0.25, 0.3) is 11.8 Å². The highest BCUT2D eigenvalue weighted by molar-refractivity contribution is 7.13. The average Bonchev–Trinajstić information content (AvgIpc) is 3.59. The molecule has 0 saturated carbocycles. The molecule has 1 aliphatic rings. The van der Waals surface area contributed by atoms with Crippen LogP contribution in [0.25, 0.3) is 22.0 Å². The first kappa shape index (κ1) is 23.7. The Kier molecular flexibility index (Phi) is 6.27. The number of nitrogens with zero attached hydrogens (tertiary/aromatic N) is 5. The van der Waals surface area contributed by atoms with E-state index in [1.54, 1.807) is 27.3 Å². The van der Waals surface area contributed by atoms with Crippen molar-refractivity contribution in [1.29, 1.82) is 0 Å². The van der Waals surface area contributed by atoms with E-state index in [4.69, 9.17) is 0 Å². The molecule has 0 radical (unpaired) electrons. The van der Waals surface area contributed by atoms with Crippen molar-refractivity contribution in [3.63, 3.8) is 0 Å². The molecule has 3 heterocycles. The van der Waals surface area contributed by atoms with Gasteiger partial charge in [-0.3, -0.25) is 9.59 Å². The number of amides is 2. The Balaban J connectivity index is 1.23. The van der Waals surface area contributed by atoms with E-state index in [9.17, 15) is 22.8 Å². The van der Waals surface area contributed by atoms with Gasteiger partial charge in [0.2, 0.25) is 5.82 Å². The molecule has 2 amide bonds. The number of alkyl halides is 3. The molecule has 0 atom stereocenters. The monoisotopic (exact) mass is 513 g/mol. The summed E-state index contributed by atoms with van der Waals surface area (Å²) in [6, 6.07) is 15.6. The lowest BCUT2D eigenvalue weighted by Gasteiger charge is -2.34. The molecular weight excluding hydrogens is 495 g/mol. The van der Waals surface area contributed by atoms with Crippen molar-refractivity contribution >= 4 is 23.2 Å². The number of carbonyl (C=O) groups excluding carboxylic acids is 2. The molecule has 0 unspecified atom stereocenters. The van der Waals surface area contributed by atoms with E-state index in [0.29, 0.717) is 31.9 Å². The molecule has 12 heteroatoms. The summed E-state index contributed by atoms with van der Waals surface area (Å²) in [6.07, 6.45) is -4.75. The lowest BCUT2D eigenvalue weighted by Crippen LogP contribution is -2.50. The van der Waals surface area contributed by atoms with E-state index in [1.807, 2.05) is 30.3 Å². The smallest absolute Gasteiger partial charge is 0.335 e. The number of rotatable bonds is 4. The predicted octanol–water partition coefficient (Wildman–Crippen LogP) is 4.48.